The molecule has 0 rings (SSSR count). The third-order valence-corrected chi connectivity index (χ3v) is 1.60. The Kier molecular flexibility index (Phi) is 5.72. The summed E-state index contributed by atoms with van der Waals surface area (Å²) in [6.45, 7) is 6.55. The van der Waals surface area contributed by atoms with Gasteiger partial charge in [-0.2, -0.15) is 0 Å². The summed E-state index contributed by atoms with van der Waals surface area (Å²) in [5.41, 5.74) is 0. The van der Waals surface area contributed by atoms with Gasteiger partial charge in [0.25, 0.3) is 0 Å². The van der Waals surface area contributed by atoms with Crippen LogP contribution in [-0.2, 0) is 14.3 Å². The predicted octanol–water partition coefficient (Wildman–Crippen LogP) is 1.61. The molecule has 12 heavy (non-hydrogen) atoms. The van der Waals surface area contributed by atoms with E-state index in [0.717, 1.165) is 6.42 Å². The molecule has 0 amide bonds. The number of hydrogen-bond acceptors (Lipinski definition) is 3. The van der Waals surface area contributed by atoms with E-state index in [4.69, 9.17) is 4.74 Å². The van der Waals surface area contributed by atoms with Crippen LogP contribution in [0.25, 0.3) is 0 Å². The Morgan fingerprint density at radius 2 is 1.92 bits per heavy atom. The number of hydrogen-bond donors (Lipinski definition) is 0. The molecule has 0 N–H and O–H groups in total. The van der Waals surface area contributed by atoms with Crippen LogP contribution in [0.2, 0.25) is 0 Å². The average Bonchev–Trinajstić information content (AvgIpc) is 2.02. The van der Waals surface area contributed by atoms with Gasteiger partial charge in [0.1, 0.15) is 0 Å². The molecule has 1 atom stereocenters. The van der Waals surface area contributed by atoms with Crippen molar-refractivity contribution in [1.29, 1.82) is 0 Å². The highest BCUT2D eigenvalue weighted by molar-refractivity contribution is 5.73. The third-order valence-electron chi connectivity index (χ3n) is 1.60. The van der Waals surface area contributed by atoms with E-state index in [0.29, 0.717) is 12.5 Å². The largest absolute Gasteiger partial charge is 0.467 e. The normalized spacial score (nSPS) is 13.1. The molecule has 0 aliphatic heterocycles. The number of carbonyl (C=O) groups is 1. The van der Waals surface area contributed by atoms with Gasteiger partial charge in [0.2, 0.25) is 0 Å². The summed E-state index contributed by atoms with van der Waals surface area (Å²) >= 11 is 0. The standard InChI is InChI=1S/C9H18O3/c1-7(2)5-6-12-8(3)9(10)11-4/h7-8H,5-6H2,1-4H3. The zero-order valence-corrected chi connectivity index (χ0v) is 8.29. The van der Waals surface area contributed by atoms with Crippen LogP contribution < -0.4 is 0 Å². The summed E-state index contributed by atoms with van der Waals surface area (Å²) in [6.07, 6.45) is 0.537. The molecule has 0 heterocycles. The molecule has 1 unspecified atom stereocenters. The molecule has 0 spiro atoms. The van der Waals surface area contributed by atoms with Crippen molar-refractivity contribution < 1.29 is 14.3 Å². The van der Waals surface area contributed by atoms with Crippen molar-refractivity contribution in [1.82, 2.24) is 0 Å². The van der Waals surface area contributed by atoms with E-state index < -0.39 is 6.10 Å². The first kappa shape index (κ1) is 11.4. The summed E-state index contributed by atoms with van der Waals surface area (Å²) in [5, 5.41) is 0. The molecule has 0 aliphatic carbocycles. The Bertz CT molecular complexity index is 132. The first-order valence-electron chi connectivity index (χ1n) is 4.27. The minimum atomic E-state index is -0.436. The third kappa shape index (κ3) is 5.13. The van der Waals surface area contributed by atoms with Gasteiger partial charge in [0.15, 0.2) is 6.10 Å². The van der Waals surface area contributed by atoms with Gasteiger partial charge in [-0.05, 0) is 19.3 Å². The van der Waals surface area contributed by atoms with Gasteiger partial charge >= 0.3 is 5.97 Å². The average molecular weight is 174 g/mol. The lowest BCUT2D eigenvalue weighted by atomic mass is 10.1. The molecule has 0 aliphatic rings. The van der Waals surface area contributed by atoms with Gasteiger partial charge in [0, 0.05) is 6.61 Å². The zero-order chi connectivity index (χ0) is 9.56. The fourth-order valence-corrected chi connectivity index (χ4v) is 0.715. The first-order valence-corrected chi connectivity index (χ1v) is 4.27. The smallest absolute Gasteiger partial charge is 0.334 e. The highest BCUT2D eigenvalue weighted by atomic mass is 16.6. The summed E-state index contributed by atoms with van der Waals surface area (Å²) in [4.78, 5) is 10.8. The Labute approximate surface area is 74.0 Å². The van der Waals surface area contributed by atoms with Gasteiger partial charge in [-0.25, -0.2) is 4.79 Å². The number of ether oxygens (including phenoxy) is 2. The fourth-order valence-electron chi connectivity index (χ4n) is 0.715. The second-order valence-corrected chi connectivity index (χ2v) is 3.22. The van der Waals surface area contributed by atoms with E-state index in [1.165, 1.54) is 7.11 Å². The van der Waals surface area contributed by atoms with Crippen LogP contribution in [-0.4, -0.2) is 25.8 Å². The van der Waals surface area contributed by atoms with Crippen LogP contribution >= 0.6 is 0 Å². The lowest BCUT2D eigenvalue weighted by Crippen LogP contribution is -2.22. The zero-order valence-electron chi connectivity index (χ0n) is 8.29. The van der Waals surface area contributed by atoms with Crippen molar-refractivity contribution in [2.75, 3.05) is 13.7 Å². The minimum absolute atomic E-state index is 0.307. The summed E-state index contributed by atoms with van der Waals surface area (Å²) in [7, 11) is 1.37. The maximum Gasteiger partial charge on any atom is 0.334 e. The molecule has 0 saturated heterocycles. The van der Waals surface area contributed by atoms with E-state index in [1.54, 1.807) is 6.92 Å². The number of esters is 1. The van der Waals surface area contributed by atoms with Gasteiger partial charge in [0.05, 0.1) is 7.11 Å². The Balaban J connectivity index is 3.43. The summed E-state index contributed by atoms with van der Waals surface area (Å²) < 4.78 is 9.74. The highest BCUT2D eigenvalue weighted by Crippen LogP contribution is 2.01. The van der Waals surface area contributed by atoms with Crippen LogP contribution in [0, 0.1) is 5.92 Å². The minimum Gasteiger partial charge on any atom is -0.467 e. The maximum atomic E-state index is 10.8. The predicted molar refractivity (Wildman–Crippen MR) is 46.9 cm³/mol. The second-order valence-electron chi connectivity index (χ2n) is 3.22. The van der Waals surface area contributed by atoms with Crippen LogP contribution in [0.1, 0.15) is 27.2 Å². The molecule has 0 aromatic carbocycles. The van der Waals surface area contributed by atoms with Crippen molar-refractivity contribution in [3.05, 3.63) is 0 Å². The quantitative estimate of drug-likeness (QED) is 0.594. The molecule has 72 valence electrons. The molecule has 0 bridgehead atoms. The second kappa shape index (κ2) is 6.00. The van der Waals surface area contributed by atoms with E-state index in [1.807, 2.05) is 0 Å². The monoisotopic (exact) mass is 174 g/mol. The Morgan fingerprint density at radius 3 is 2.33 bits per heavy atom. The van der Waals surface area contributed by atoms with Gasteiger partial charge in [-0.1, -0.05) is 13.8 Å². The van der Waals surface area contributed by atoms with E-state index in [2.05, 4.69) is 18.6 Å². The number of methoxy groups -OCH3 is 1. The Morgan fingerprint density at radius 1 is 1.33 bits per heavy atom. The SMILES string of the molecule is COC(=O)C(C)OCCC(C)C. The molecule has 0 saturated carbocycles. The van der Waals surface area contributed by atoms with Crippen LogP contribution in [0.4, 0.5) is 0 Å². The molecule has 3 heteroatoms. The topological polar surface area (TPSA) is 35.5 Å². The van der Waals surface area contributed by atoms with Crippen molar-refractivity contribution in [3.8, 4) is 0 Å². The highest BCUT2D eigenvalue weighted by Gasteiger charge is 2.12. The lowest BCUT2D eigenvalue weighted by molar-refractivity contribution is -0.153. The van der Waals surface area contributed by atoms with Crippen LogP contribution in [0.15, 0.2) is 0 Å². The summed E-state index contributed by atoms with van der Waals surface area (Å²) in [5.74, 6) is 0.300. The molecule has 0 aromatic heterocycles. The lowest BCUT2D eigenvalue weighted by Gasteiger charge is -2.11. The van der Waals surface area contributed by atoms with Crippen LogP contribution in [0.3, 0.4) is 0 Å². The van der Waals surface area contributed by atoms with Crippen molar-refractivity contribution >= 4 is 5.97 Å². The van der Waals surface area contributed by atoms with Gasteiger partial charge < -0.3 is 9.47 Å². The van der Waals surface area contributed by atoms with Crippen molar-refractivity contribution in [2.24, 2.45) is 5.92 Å². The molecular weight excluding hydrogens is 156 g/mol. The molecule has 0 aromatic rings. The van der Waals surface area contributed by atoms with Gasteiger partial charge in [-0.3, -0.25) is 0 Å². The van der Waals surface area contributed by atoms with Gasteiger partial charge in [-0.15, -0.1) is 0 Å². The van der Waals surface area contributed by atoms with Crippen molar-refractivity contribution in [3.63, 3.8) is 0 Å². The Hall–Kier alpha value is -0.570. The van der Waals surface area contributed by atoms with Crippen LogP contribution in [0.5, 0.6) is 0 Å². The fraction of sp³-hybridized carbons (Fsp3) is 0.889. The molecular formula is C9H18O3. The molecule has 0 radical (unpaired) electrons. The summed E-state index contributed by atoms with van der Waals surface area (Å²) in [6, 6.07) is 0. The number of carbonyl (C=O) groups excluding carboxylic acids is 1. The molecule has 0 fully saturated rings. The van der Waals surface area contributed by atoms with E-state index in [9.17, 15) is 4.79 Å². The molecule has 3 nitrogen and oxygen atoms in total. The van der Waals surface area contributed by atoms with E-state index >= 15 is 0 Å². The maximum absolute atomic E-state index is 10.8. The van der Waals surface area contributed by atoms with Crippen molar-refractivity contribution in [2.45, 2.75) is 33.3 Å². The first-order chi connectivity index (χ1) is 5.57. The van der Waals surface area contributed by atoms with E-state index in [-0.39, 0.29) is 5.97 Å². The number of rotatable bonds is 5.